The first-order valence-electron chi connectivity index (χ1n) is 7.47. The zero-order valence-corrected chi connectivity index (χ0v) is 17.5. The molecule has 3 rings (SSSR count). The van der Waals surface area contributed by atoms with E-state index in [0.717, 1.165) is 41.1 Å². The Balaban J connectivity index is 0.00000169. The normalized spacial score (nSPS) is 16.3. The van der Waals surface area contributed by atoms with Gasteiger partial charge < -0.3 is 10.1 Å². The Morgan fingerprint density at radius 1 is 1.12 bits per heavy atom. The van der Waals surface area contributed by atoms with E-state index in [1.54, 1.807) is 23.5 Å². The molecule has 1 N–H and O–H groups in total. The summed E-state index contributed by atoms with van der Waals surface area (Å²) in [6, 6.07) is 8.27. The SMILES string of the molecule is Cl.Cl.FC(F)(F)Oc1ccc([C@H](c2cc(Br)cs2)N2CCNCC2)cc1. The topological polar surface area (TPSA) is 24.5 Å². The lowest BCUT2D eigenvalue weighted by molar-refractivity contribution is -0.274. The Labute approximate surface area is 174 Å². The van der Waals surface area contributed by atoms with Crippen molar-refractivity contribution in [3.8, 4) is 5.75 Å². The zero-order chi connectivity index (χ0) is 17.2. The Morgan fingerprint density at radius 2 is 1.73 bits per heavy atom. The van der Waals surface area contributed by atoms with E-state index in [9.17, 15) is 13.2 Å². The molecule has 1 saturated heterocycles. The van der Waals surface area contributed by atoms with E-state index in [4.69, 9.17) is 0 Å². The number of rotatable bonds is 4. The summed E-state index contributed by atoms with van der Waals surface area (Å²) in [5.41, 5.74) is 0.959. The van der Waals surface area contributed by atoms with Gasteiger partial charge in [0, 0.05) is 40.9 Å². The molecule has 0 amide bonds. The van der Waals surface area contributed by atoms with Crippen LogP contribution in [-0.2, 0) is 0 Å². The molecule has 1 aliphatic rings. The Hall–Kier alpha value is -0.510. The van der Waals surface area contributed by atoms with Crippen LogP contribution in [0.1, 0.15) is 16.5 Å². The van der Waals surface area contributed by atoms with E-state index in [1.807, 2.05) is 5.38 Å². The fourth-order valence-corrected chi connectivity index (χ4v) is 4.42. The third-order valence-corrected chi connectivity index (χ3v) is 5.55. The molecule has 0 aliphatic carbocycles. The number of alkyl halides is 3. The van der Waals surface area contributed by atoms with Crippen LogP contribution in [0.25, 0.3) is 0 Å². The maximum Gasteiger partial charge on any atom is 0.573 e. The Morgan fingerprint density at radius 3 is 2.23 bits per heavy atom. The Kier molecular flexibility index (Phi) is 9.18. The van der Waals surface area contributed by atoms with E-state index in [0.29, 0.717) is 0 Å². The fraction of sp³-hybridized carbons (Fsp3) is 0.375. The summed E-state index contributed by atoms with van der Waals surface area (Å²) in [5, 5.41) is 5.34. The molecule has 0 radical (unpaired) electrons. The van der Waals surface area contributed by atoms with Crippen molar-refractivity contribution < 1.29 is 17.9 Å². The van der Waals surface area contributed by atoms with Crippen molar-refractivity contribution in [3.63, 3.8) is 0 Å². The van der Waals surface area contributed by atoms with Crippen molar-refractivity contribution in [2.45, 2.75) is 12.4 Å². The number of benzene rings is 1. The van der Waals surface area contributed by atoms with Gasteiger partial charge in [-0.05, 0) is 39.7 Å². The molecule has 2 heterocycles. The van der Waals surface area contributed by atoms with Crippen molar-refractivity contribution in [2.75, 3.05) is 26.2 Å². The van der Waals surface area contributed by atoms with Crippen LogP contribution in [0.4, 0.5) is 13.2 Å². The minimum absolute atomic E-state index is 0. The van der Waals surface area contributed by atoms with E-state index in [1.165, 1.54) is 12.1 Å². The number of ether oxygens (including phenoxy) is 1. The van der Waals surface area contributed by atoms with Crippen molar-refractivity contribution in [3.05, 3.63) is 50.6 Å². The number of halogens is 6. The van der Waals surface area contributed by atoms with Crippen molar-refractivity contribution in [1.29, 1.82) is 0 Å². The maximum absolute atomic E-state index is 12.3. The van der Waals surface area contributed by atoms with Crippen LogP contribution in [-0.4, -0.2) is 37.4 Å². The number of piperazine rings is 1. The number of nitrogens with zero attached hydrogens (tertiary/aromatic N) is 1. The number of thiophene rings is 1. The summed E-state index contributed by atoms with van der Waals surface area (Å²) in [6.45, 7) is 3.58. The molecule has 0 saturated carbocycles. The van der Waals surface area contributed by atoms with Crippen LogP contribution in [0.15, 0.2) is 40.2 Å². The minimum Gasteiger partial charge on any atom is -0.406 e. The average molecular weight is 494 g/mol. The quantitative estimate of drug-likeness (QED) is 0.629. The van der Waals surface area contributed by atoms with Crippen LogP contribution in [0.2, 0.25) is 0 Å². The van der Waals surface area contributed by atoms with Crippen molar-refractivity contribution in [2.24, 2.45) is 0 Å². The minimum atomic E-state index is -4.67. The van der Waals surface area contributed by atoms with E-state index >= 15 is 0 Å². The summed E-state index contributed by atoms with van der Waals surface area (Å²) in [6.07, 6.45) is -4.67. The Bertz CT molecular complexity index is 679. The van der Waals surface area contributed by atoms with Gasteiger partial charge in [-0.15, -0.1) is 49.3 Å². The molecule has 0 bridgehead atoms. The molecule has 26 heavy (non-hydrogen) atoms. The monoisotopic (exact) mass is 492 g/mol. The van der Waals surface area contributed by atoms with Gasteiger partial charge in [0.15, 0.2) is 0 Å². The first-order chi connectivity index (χ1) is 11.4. The van der Waals surface area contributed by atoms with Crippen molar-refractivity contribution >= 4 is 52.1 Å². The van der Waals surface area contributed by atoms with Crippen LogP contribution in [0.5, 0.6) is 5.75 Å². The van der Waals surface area contributed by atoms with E-state index in [2.05, 4.69) is 36.9 Å². The summed E-state index contributed by atoms with van der Waals surface area (Å²) >= 11 is 5.12. The largest absolute Gasteiger partial charge is 0.573 e. The molecule has 0 unspecified atom stereocenters. The standard InChI is InChI=1S/C16H16BrF3N2OS.2ClH/c17-12-9-14(24-10-12)15(22-7-5-21-6-8-22)11-1-3-13(4-2-11)23-16(18,19)20;;/h1-4,9-10,15,21H,5-8H2;2*1H/t15-;;/m1../s1. The number of hydrogen-bond donors (Lipinski definition) is 1. The summed E-state index contributed by atoms with van der Waals surface area (Å²) in [7, 11) is 0. The van der Waals surface area contributed by atoms with E-state index in [-0.39, 0.29) is 36.6 Å². The van der Waals surface area contributed by atoms with Gasteiger partial charge in [-0.25, -0.2) is 0 Å². The number of hydrogen-bond acceptors (Lipinski definition) is 4. The van der Waals surface area contributed by atoms with Gasteiger partial charge in [-0.2, -0.15) is 0 Å². The van der Waals surface area contributed by atoms with Gasteiger partial charge in [0.1, 0.15) is 5.75 Å². The molecule has 1 aromatic carbocycles. The average Bonchev–Trinajstić information content (AvgIpc) is 2.95. The molecule has 3 nitrogen and oxygen atoms in total. The second-order valence-corrected chi connectivity index (χ2v) is 7.33. The lowest BCUT2D eigenvalue weighted by Gasteiger charge is -2.34. The molecule has 2 aromatic rings. The predicted molar refractivity (Wildman–Crippen MR) is 106 cm³/mol. The first kappa shape index (κ1) is 23.5. The molecule has 146 valence electrons. The first-order valence-corrected chi connectivity index (χ1v) is 9.14. The summed E-state index contributed by atoms with van der Waals surface area (Å²) < 4.78 is 41.9. The predicted octanol–water partition coefficient (Wildman–Crippen LogP) is 5.25. The highest BCUT2D eigenvalue weighted by Gasteiger charge is 2.31. The molecule has 1 aromatic heterocycles. The number of nitrogens with one attached hydrogen (secondary N) is 1. The second-order valence-electron chi connectivity index (χ2n) is 5.47. The van der Waals surface area contributed by atoms with Crippen LogP contribution in [0, 0.1) is 0 Å². The van der Waals surface area contributed by atoms with Gasteiger partial charge >= 0.3 is 6.36 Å². The third-order valence-electron chi connectivity index (χ3n) is 3.80. The fourth-order valence-electron chi connectivity index (χ4n) is 2.82. The lowest BCUT2D eigenvalue weighted by Crippen LogP contribution is -2.45. The maximum atomic E-state index is 12.3. The smallest absolute Gasteiger partial charge is 0.406 e. The second kappa shape index (κ2) is 10.1. The van der Waals surface area contributed by atoms with E-state index < -0.39 is 6.36 Å². The summed E-state index contributed by atoms with van der Waals surface area (Å²) in [5.74, 6) is -0.197. The summed E-state index contributed by atoms with van der Waals surface area (Å²) in [4.78, 5) is 3.50. The molecular formula is C16H18BrCl2F3N2OS. The highest BCUT2D eigenvalue weighted by Crippen LogP contribution is 2.35. The third kappa shape index (κ3) is 6.28. The van der Waals surface area contributed by atoms with Gasteiger partial charge in [0.05, 0.1) is 6.04 Å². The van der Waals surface area contributed by atoms with Crippen LogP contribution in [0.3, 0.4) is 0 Å². The molecule has 0 spiro atoms. The molecule has 1 atom stereocenters. The molecule has 10 heteroatoms. The molecule has 1 fully saturated rings. The molecule has 1 aliphatic heterocycles. The highest BCUT2D eigenvalue weighted by atomic mass is 79.9. The highest BCUT2D eigenvalue weighted by molar-refractivity contribution is 9.10. The van der Waals surface area contributed by atoms with Gasteiger partial charge in [0.2, 0.25) is 0 Å². The van der Waals surface area contributed by atoms with Gasteiger partial charge in [-0.1, -0.05) is 12.1 Å². The van der Waals surface area contributed by atoms with Crippen LogP contribution >= 0.6 is 52.1 Å². The van der Waals surface area contributed by atoms with Crippen LogP contribution < -0.4 is 10.1 Å². The van der Waals surface area contributed by atoms with Crippen molar-refractivity contribution in [1.82, 2.24) is 10.2 Å². The van der Waals surface area contributed by atoms with Gasteiger partial charge in [-0.3, -0.25) is 4.90 Å². The van der Waals surface area contributed by atoms with Gasteiger partial charge in [0.25, 0.3) is 0 Å². The molecular weight excluding hydrogens is 476 g/mol. The lowest BCUT2D eigenvalue weighted by atomic mass is 10.0. The zero-order valence-electron chi connectivity index (χ0n) is 13.5.